The first-order chi connectivity index (χ1) is 29.3. The van der Waals surface area contributed by atoms with Crippen LogP contribution in [-0.4, -0.2) is 116 Å². The average Bonchev–Trinajstić information content (AvgIpc) is 4.06. The molecule has 0 radical (unpaired) electrons. The van der Waals surface area contributed by atoms with Crippen molar-refractivity contribution in [2.45, 2.75) is 50.6 Å². The standard InChI is InChI=1S/C45H48N10O5/c46-41-39-40(30-6-9-34(10-7-30)60-33-4-2-1-3-5-33)50-55(42(39)48-27-47-41)31-16-19-51(20-17-31)23-28-14-18-52(24-28)25-29-15-21-53(26-29)32-8-11-35-36(22-32)45(59)54(44(35)58)37-12-13-38(56)49-43(37)57/h1-11,22,27-29,31,37H,12-21,23-26H2,(H2,46,47,48)(H,49,56,57). The van der Waals surface area contributed by atoms with Gasteiger partial charge in [0.15, 0.2) is 5.65 Å². The lowest BCUT2D eigenvalue weighted by Crippen LogP contribution is -2.54. The minimum absolute atomic E-state index is 0.101. The SMILES string of the molecule is Nc1ncnc2c1c(-c1ccc(Oc3ccccc3)cc1)nn2C1CCN(CC2CCN(CC3CCN(c4ccc5c(c4)C(=O)N(C4CCC(=O)NC4=O)C5=O)C3)C2)CC1. The molecule has 4 saturated heterocycles. The third kappa shape index (κ3) is 7.25. The molecule has 5 aliphatic rings. The second-order valence-electron chi connectivity index (χ2n) is 16.9. The number of rotatable bonds is 10. The molecule has 308 valence electrons. The van der Waals surface area contributed by atoms with E-state index in [1.165, 1.54) is 12.7 Å². The Morgan fingerprint density at radius 2 is 1.45 bits per heavy atom. The van der Waals surface area contributed by atoms with E-state index >= 15 is 0 Å². The number of fused-ring (bicyclic) bond motifs is 2. The Hall–Kier alpha value is -6.19. The Morgan fingerprint density at radius 1 is 0.733 bits per heavy atom. The number of nitrogen functional groups attached to an aromatic ring is 1. The molecule has 60 heavy (non-hydrogen) atoms. The van der Waals surface area contributed by atoms with Crippen molar-refractivity contribution in [3.05, 3.63) is 90.3 Å². The summed E-state index contributed by atoms with van der Waals surface area (Å²) in [6, 6.07) is 22.3. The number of hydrogen-bond acceptors (Lipinski definition) is 12. The van der Waals surface area contributed by atoms with E-state index < -0.39 is 23.8 Å². The van der Waals surface area contributed by atoms with E-state index in [1.54, 1.807) is 12.1 Å². The molecular weight excluding hydrogens is 761 g/mol. The summed E-state index contributed by atoms with van der Waals surface area (Å²) in [5, 5.41) is 8.17. The summed E-state index contributed by atoms with van der Waals surface area (Å²) < 4.78 is 8.09. The molecule has 7 heterocycles. The summed E-state index contributed by atoms with van der Waals surface area (Å²) in [6.07, 6.45) is 6.00. The first kappa shape index (κ1) is 38.0. The number of aromatic nitrogens is 4. The highest BCUT2D eigenvalue weighted by atomic mass is 16.5. The van der Waals surface area contributed by atoms with E-state index in [2.05, 4.69) is 34.7 Å². The van der Waals surface area contributed by atoms with Crippen molar-refractivity contribution in [1.29, 1.82) is 0 Å². The minimum Gasteiger partial charge on any atom is -0.457 e. The molecule has 4 fully saturated rings. The Morgan fingerprint density at radius 3 is 2.25 bits per heavy atom. The van der Waals surface area contributed by atoms with Gasteiger partial charge in [0.25, 0.3) is 11.8 Å². The fourth-order valence-electron chi connectivity index (χ4n) is 9.93. The third-order valence-corrected chi connectivity index (χ3v) is 13.0. The quantitative estimate of drug-likeness (QED) is 0.186. The van der Waals surface area contributed by atoms with Crippen molar-refractivity contribution in [2.75, 3.05) is 63.0 Å². The number of carbonyl (C=O) groups is 4. The normalized spacial score (nSPS) is 22.9. The number of benzene rings is 3. The van der Waals surface area contributed by atoms with Gasteiger partial charge in [-0.1, -0.05) is 18.2 Å². The molecule has 3 N–H and O–H groups in total. The number of hydrogen-bond donors (Lipinski definition) is 2. The zero-order chi connectivity index (χ0) is 40.9. The van der Waals surface area contributed by atoms with Crippen molar-refractivity contribution in [2.24, 2.45) is 11.8 Å². The molecule has 15 nitrogen and oxygen atoms in total. The number of nitrogens with two attached hydrogens (primary N) is 1. The monoisotopic (exact) mass is 808 g/mol. The lowest BCUT2D eigenvalue weighted by molar-refractivity contribution is -0.136. The van der Waals surface area contributed by atoms with Crippen LogP contribution in [0.3, 0.4) is 0 Å². The molecule has 15 heteroatoms. The van der Waals surface area contributed by atoms with Crippen molar-refractivity contribution in [3.8, 4) is 22.8 Å². The number of nitrogens with zero attached hydrogens (tertiary/aromatic N) is 8. The van der Waals surface area contributed by atoms with Crippen LogP contribution in [0, 0.1) is 11.8 Å². The zero-order valence-electron chi connectivity index (χ0n) is 33.4. The predicted molar refractivity (Wildman–Crippen MR) is 224 cm³/mol. The van der Waals surface area contributed by atoms with Crippen LogP contribution < -0.4 is 20.7 Å². The van der Waals surface area contributed by atoms with Crippen LogP contribution in [0.4, 0.5) is 11.5 Å². The molecule has 0 bridgehead atoms. The summed E-state index contributed by atoms with van der Waals surface area (Å²) in [5.41, 5.74) is 10.5. The Bertz CT molecular complexity index is 2470. The maximum Gasteiger partial charge on any atom is 0.262 e. The Kier molecular flexibility index (Phi) is 10.00. The smallest absolute Gasteiger partial charge is 0.262 e. The van der Waals surface area contributed by atoms with Gasteiger partial charge >= 0.3 is 0 Å². The second kappa shape index (κ2) is 15.8. The molecule has 3 unspecified atom stereocenters. The number of para-hydroxylation sites is 1. The molecule has 0 spiro atoms. The predicted octanol–water partition coefficient (Wildman–Crippen LogP) is 4.75. The van der Waals surface area contributed by atoms with E-state index in [1.807, 2.05) is 60.7 Å². The highest BCUT2D eigenvalue weighted by Crippen LogP contribution is 2.37. The lowest BCUT2D eigenvalue weighted by atomic mass is 10.0. The maximum absolute atomic E-state index is 13.4. The average molecular weight is 809 g/mol. The van der Waals surface area contributed by atoms with Gasteiger partial charge in [-0.3, -0.25) is 29.4 Å². The topological polar surface area (TPSA) is 172 Å². The number of nitrogens with one attached hydrogen (secondary N) is 1. The number of carbonyl (C=O) groups excluding carboxylic acids is 4. The van der Waals surface area contributed by atoms with Gasteiger partial charge in [-0.05, 0) is 105 Å². The Balaban J connectivity index is 0.718. The van der Waals surface area contributed by atoms with Gasteiger partial charge in [0.1, 0.15) is 35.4 Å². The number of ether oxygens (including phenoxy) is 1. The van der Waals surface area contributed by atoms with E-state index in [-0.39, 0.29) is 24.8 Å². The zero-order valence-corrected chi connectivity index (χ0v) is 33.4. The highest BCUT2D eigenvalue weighted by molar-refractivity contribution is 6.23. The Labute approximate surface area is 347 Å². The largest absolute Gasteiger partial charge is 0.457 e. The summed E-state index contributed by atoms with van der Waals surface area (Å²) in [5.74, 6) is 1.18. The van der Waals surface area contributed by atoms with Crippen molar-refractivity contribution in [3.63, 3.8) is 0 Å². The third-order valence-electron chi connectivity index (χ3n) is 13.0. The number of imide groups is 2. The maximum atomic E-state index is 13.4. The molecule has 4 amide bonds. The van der Waals surface area contributed by atoms with Crippen molar-refractivity contribution in [1.82, 2.24) is 39.8 Å². The number of anilines is 2. The molecule has 3 atom stereocenters. The van der Waals surface area contributed by atoms with Gasteiger partial charge in [0.2, 0.25) is 11.8 Å². The number of amides is 4. The van der Waals surface area contributed by atoms with Crippen LogP contribution in [0.1, 0.15) is 65.3 Å². The van der Waals surface area contributed by atoms with Crippen molar-refractivity contribution < 1.29 is 23.9 Å². The van der Waals surface area contributed by atoms with Crippen LogP contribution in [0.15, 0.2) is 79.1 Å². The molecule has 3 aromatic carbocycles. The van der Waals surface area contributed by atoms with Crippen LogP contribution >= 0.6 is 0 Å². The number of likely N-dealkylation sites (tertiary alicyclic amines) is 2. The lowest BCUT2D eigenvalue weighted by Gasteiger charge is -2.33. The van der Waals surface area contributed by atoms with E-state index in [9.17, 15) is 19.2 Å². The molecule has 0 saturated carbocycles. The van der Waals surface area contributed by atoms with Gasteiger partial charge < -0.3 is 25.2 Å². The van der Waals surface area contributed by atoms with Crippen molar-refractivity contribution >= 4 is 46.2 Å². The molecule has 2 aromatic heterocycles. The second-order valence-corrected chi connectivity index (χ2v) is 16.9. The van der Waals surface area contributed by atoms with E-state index in [0.29, 0.717) is 28.8 Å². The van der Waals surface area contributed by atoms with Crippen LogP contribution in [0.5, 0.6) is 11.5 Å². The van der Waals surface area contributed by atoms with Crippen LogP contribution in [-0.2, 0) is 9.59 Å². The molecule has 5 aliphatic heterocycles. The molecule has 5 aromatic rings. The van der Waals surface area contributed by atoms with E-state index in [4.69, 9.17) is 15.6 Å². The summed E-state index contributed by atoms with van der Waals surface area (Å²) in [4.78, 5) is 68.3. The summed E-state index contributed by atoms with van der Waals surface area (Å²) >= 11 is 0. The van der Waals surface area contributed by atoms with Gasteiger partial charge in [-0.2, -0.15) is 5.10 Å². The fourth-order valence-corrected chi connectivity index (χ4v) is 9.93. The van der Waals surface area contributed by atoms with Crippen LogP contribution in [0.25, 0.3) is 22.3 Å². The number of piperidine rings is 2. The fraction of sp³-hybridized carbons (Fsp3) is 0.400. The summed E-state index contributed by atoms with van der Waals surface area (Å²) in [6.45, 7) is 8.12. The first-order valence-electron chi connectivity index (χ1n) is 21.1. The summed E-state index contributed by atoms with van der Waals surface area (Å²) in [7, 11) is 0. The van der Waals surface area contributed by atoms with Gasteiger partial charge in [-0.15, -0.1) is 0 Å². The van der Waals surface area contributed by atoms with Gasteiger partial charge in [-0.25, -0.2) is 14.6 Å². The minimum atomic E-state index is -0.963. The molecule has 10 rings (SSSR count). The molecule has 0 aliphatic carbocycles. The van der Waals surface area contributed by atoms with E-state index in [0.717, 1.165) is 116 Å². The van der Waals surface area contributed by atoms with Gasteiger partial charge in [0, 0.05) is 63.5 Å². The van der Waals surface area contributed by atoms with Gasteiger partial charge in [0.05, 0.1) is 22.6 Å². The molecular formula is C45H48N10O5. The highest BCUT2D eigenvalue weighted by Gasteiger charge is 2.45. The van der Waals surface area contributed by atoms with Crippen LogP contribution in [0.2, 0.25) is 0 Å². The first-order valence-corrected chi connectivity index (χ1v) is 21.1.